The summed E-state index contributed by atoms with van der Waals surface area (Å²) >= 11 is 0. The zero-order chi connectivity index (χ0) is 38.5. The molecule has 2 aromatic carbocycles. The van der Waals surface area contributed by atoms with Crippen LogP contribution >= 0.6 is 0 Å². The Bertz CT molecular complexity index is 1930. The van der Waals surface area contributed by atoms with Crippen molar-refractivity contribution in [1.82, 2.24) is 14.5 Å². The second-order valence-electron chi connectivity index (χ2n) is 13.5. The first-order valence-electron chi connectivity index (χ1n) is 19.3. The Labute approximate surface area is 324 Å². The molecule has 2 amide bonds. The fourth-order valence-corrected chi connectivity index (χ4v) is 7.05. The third-order valence-corrected chi connectivity index (χ3v) is 9.90. The van der Waals surface area contributed by atoms with E-state index in [1.807, 2.05) is 12.1 Å². The quantitative estimate of drug-likeness (QED) is 0.0805. The first-order chi connectivity index (χ1) is 27.5. The van der Waals surface area contributed by atoms with Crippen LogP contribution in [-0.4, -0.2) is 145 Å². The van der Waals surface area contributed by atoms with Crippen LogP contribution in [0.25, 0.3) is 22.0 Å². The highest BCUT2D eigenvalue weighted by atomic mass is 19.1. The van der Waals surface area contributed by atoms with Gasteiger partial charge in [-0.3, -0.25) is 14.5 Å². The van der Waals surface area contributed by atoms with E-state index in [2.05, 4.69) is 26.5 Å². The summed E-state index contributed by atoms with van der Waals surface area (Å²) in [5.41, 5.74) is 6.01. The molecule has 16 heteroatoms. The molecule has 0 bridgehead atoms. The number of nitrogens with zero attached hydrogens (tertiary/aromatic N) is 5. The van der Waals surface area contributed by atoms with E-state index in [9.17, 15) is 14.0 Å². The number of hydrogen-bond donors (Lipinski definition) is 0. The lowest BCUT2D eigenvalue weighted by Crippen LogP contribution is -2.36. The molecule has 0 N–H and O–H groups in total. The predicted octanol–water partition coefficient (Wildman–Crippen LogP) is 3.35. The number of rotatable bonds is 23. The van der Waals surface area contributed by atoms with Gasteiger partial charge in [0.25, 0.3) is 17.8 Å². The molecule has 0 radical (unpaired) electrons. The average Bonchev–Trinajstić information content (AvgIpc) is 3.89. The first kappa shape index (κ1) is 39.8. The summed E-state index contributed by atoms with van der Waals surface area (Å²) in [6, 6.07) is 11.9. The van der Waals surface area contributed by atoms with Crippen molar-refractivity contribution in [3.8, 4) is 0 Å². The maximum absolute atomic E-state index is 14.5. The highest BCUT2D eigenvalue weighted by molar-refractivity contribution is 6.12. The normalized spacial score (nSPS) is 16.0. The van der Waals surface area contributed by atoms with E-state index >= 15 is 0 Å². The SMILES string of the molecule is O=C1C=CC(=O)N1CCOCCOCCOCCOCCOCCOCCn1c2c(c3ccc(F)cc31)CN(c1ccc3oc(N4CCOCC4)nc3c1)CC2. The molecule has 1 fully saturated rings. The molecule has 3 aliphatic heterocycles. The molecule has 0 saturated carbocycles. The Morgan fingerprint density at radius 3 is 1.93 bits per heavy atom. The molecular weight excluding hydrogens is 729 g/mol. The maximum Gasteiger partial charge on any atom is 0.298 e. The molecule has 0 unspecified atom stereocenters. The molecule has 1 saturated heterocycles. The number of benzene rings is 2. The molecule has 0 spiro atoms. The van der Waals surface area contributed by atoms with Gasteiger partial charge in [-0.25, -0.2) is 4.39 Å². The monoisotopic (exact) mass is 779 g/mol. The van der Waals surface area contributed by atoms with E-state index in [1.165, 1.54) is 29.5 Å². The van der Waals surface area contributed by atoms with Crippen molar-refractivity contribution < 1.29 is 51.6 Å². The van der Waals surface area contributed by atoms with Crippen molar-refractivity contribution in [2.45, 2.75) is 19.5 Å². The van der Waals surface area contributed by atoms with Crippen LogP contribution in [0.2, 0.25) is 0 Å². The number of carbonyl (C=O) groups excluding carboxylic acids is 2. The smallest absolute Gasteiger partial charge is 0.298 e. The molecule has 2 aromatic heterocycles. The molecular formula is C40H50FN5O10. The summed E-state index contributed by atoms with van der Waals surface area (Å²) in [5.74, 6) is -0.875. The van der Waals surface area contributed by atoms with Gasteiger partial charge in [0, 0.05) is 73.6 Å². The molecule has 302 valence electrons. The van der Waals surface area contributed by atoms with Gasteiger partial charge in [-0.2, -0.15) is 4.98 Å². The highest BCUT2D eigenvalue weighted by Crippen LogP contribution is 2.35. The van der Waals surface area contributed by atoms with E-state index in [-0.39, 0.29) is 30.8 Å². The fraction of sp³-hybridized carbons (Fsp3) is 0.525. The third-order valence-electron chi connectivity index (χ3n) is 9.90. The van der Waals surface area contributed by atoms with Gasteiger partial charge in [0.1, 0.15) is 11.3 Å². The lowest BCUT2D eigenvalue weighted by molar-refractivity contribution is -0.137. The van der Waals surface area contributed by atoms with Crippen molar-refractivity contribution in [3.05, 3.63) is 65.6 Å². The van der Waals surface area contributed by atoms with Crippen molar-refractivity contribution in [3.63, 3.8) is 0 Å². The van der Waals surface area contributed by atoms with Crippen molar-refractivity contribution >= 4 is 45.5 Å². The second-order valence-corrected chi connectivity index (χ2v) is 13.5. The van der Waals surface area contributed by atoms with Gasteiger partial charge in [0.2, 0.25) is 0 Å². The molecule has 15 nitrogen and oxygen atoms in total. The summed E-state index contributed by atoms with van der Waals surface area (Å²) in [7, 11) is 0. The van der Waals surface area contributed by atoms with Gasteiger partial charge in [0.15, 0.2) is 5.58 Å². The number of hydrogen-bond acceptors (Lipinski definition) is 13. The van der Waals surface area contributed by atoms with Gasteiger partial charge in [-0.1, -0.05) is 0 Å². The lowest BCUT2D eigenvalue weighted by atomic mass is 10.0. The predicted molar refractivity (Wildman–Crippen MR) is 204 cm³/mol. The summed E-state index contributed by atoms with van der Waals surface area (Å²) in [4.78, 5) is 33.3. The average molecular weight is 780 g/mol. The van der Waals surface area contributed by atoms with Crippen LogP contribution in [0.15, 0.2) is 53.0 Å². The summed E-state index contributed by atoms with van der Waals surface area (Å²) in [6.07, 6.45) is 3.34. The molecule has 56 heavy (non-hydrogen) atoms. The minimum absolute atomic E-state index is 0.231. The number of halogens is 1. The van der Waals surface area contributed by atoms with Gasteiger partial charge >= 0.3 is 0 Å². The van der Waals surface area contributed by atoms with Crippen LogP contribution < -0.4 is 9.80 Å². The first-order valence-corrected chi connectivity index (χ1v) is 19.3. The van der Waals surface area contributed by atoms with Gasteiger partial charge in [-0.15, -0.1) is 0 Å². The number of ether oxygens (including phenoxy) is 7. The number of aromatic nitrogens is 2. The van der Waals surface area contributed by atoms with E-state index in [1.54, 1.807) is 6.07 Å². The second kappa shape index (κ2) is 20.1. The molecule has 0 aliphatic carbocycles. The molecule has 7 rings (SSSR count). The topological polar surface area (TPSA) is 139 Å². The number of morpholine rings is 1. The van der Waals surface area contributed by atoms with Crippen LogP contribution in [0.5, 0.6) is 0 Å². The molecule has 4 aromatic rings. The highest BCUT2D eigenvalue weighted by Gasteiger charge is 2.26. The zero-order valence-electron chi connectivity index (χ0n) is 31.7. The Kier molecular flexibility index (Phi) is 14.3. The molecule has 5 heterocycles. The Morgan fingerprint density at radius 1 is 0.679 bits per heavy atom. The zero-order valence-corrected chi connectivity index (χ0v) is 31.7. The van der Waals surface area contributed by atoms with Gasteiger partial charge in [0.05, 0.1) is 105 Å². The number of carbonyl (C=O) groups is 2. The fourth-order valence-electron chi connectivity index (χ4n) is 7.05. The Balaban J connectivity index is 0.747. The molecule has 0 atom stereocenters. The lowest BCUT2D eigenvalue weighted by Gasteiger charge is -2.30. The van der Waals surface area contributed by atoms with Crippen molar-refractivity contribution in [2.24, 2.45) is 0 Å². The number of fused-ring (bicyclic) bond motifs is 4. The number of anilines is 2. The Morgan fingerprint density at radius 2 is 1.29 bits per heavy atom. The van der Waals surface area contributed by atoms with Crippen LogP contribution in [-0.2, 0) is 62.3 Å². The largest absolute Gasteiger partial charge is 0.423 e. The minimum Gasteiger partial charge on any atom is -0.423 e. The van der Waals surface area contributed by atoms with Gasteiger partial charge in [-0.05, 0) is 36.4 Å². The standard InChI is InChI=1S/C40H50FN5O10/c41-30-1-3-32-33-29-44(31-2-4-37-34(28-31)42-40(56-37)43-9-13-49-14-10-43)8-7-35(33)45(36(32)27-30)11-15-50-17-19-52-21-23-54-25-26-55-24-22-53-20-18-51-16-12-46-38(47)5-6-39(46)48/h1-6,27-28H,7-26,29H2. The maximum atomic E-state index is 14.5. The van der Waals surface area contributed by atoms with Crippen LogP contribution in [0, 0.1) is 5.82 Å². The number of oxazole rings is 1. The molecule has 3 aliphatic rings. The van der Waals surface area contributed by atoms with Crippen LogP contribution in [0.1, 0.15) is 11.3 Å². The third kappa shape index (κ3) is 10.3. The van der Waals surface area contributed by atoms with Gasteiger partial charge < -0.3 is 51.9 Å². The van der Waals surface area contributed by atoms with E-state index in [4.69, 9.17) is 42.6 Å². The van der Waals surface area contributed by atoms with E-state index in [0.717, 1.165) is 58.6 Å². The summed E-state index contributed by atoms with van der Waals surface area (Å²) in [6.45, 7) is 10.4. The van der Waals surface area contributed by atoms with E-state index < -0.39 is 0 Å². The Hall–Kier alpha value is -4.42. The van der Waals surface area contributed by atoms with Crippen LogP contribution in [0.4, 0.5) is 16.1 Å². The van der Waals surface area contributed by atoms with E-state index in [0.29, 0.717) is 105 Å². The number of amides is 2. The number of imide groups is 1. The van der Waals surface area contributed by atoms with Crippen molar-refractivity contribution in [2.75, 3.05) is 128 Å². The minimum atomic E-state index is -0.311. The van der Waals surface area contributed by atoms with Crippen LogP contribution in [0.3, 0.4) is 0 Å². The van der Waals surface area contributed by atoms with Crippen molar-refractivity contribution in [1.29, 1.82) is 0 Å². The summed E-state index contributed by atoms with van der Waals surface area (Å²) < 4.78 is 61.7. The summed E-state index contributed by atoms with van der Waals surface area (Å²) in [5, 5.41) is 1.06.